The molecule has 1 aromatic heterocycles. The van der Waals surface area contributed by atoms with Crippen molar-refractivity contribution in [2.24, 2.45) is 5.41 Å². The number of anilines is 2. The van der Waals surface area contributed by atoms with Crippen LogP contribution in [-0.4, -0.2) is 32.0 Å². The maximum absolute atomic E-state index is 11.4. The molecule has 0 unspecified atom stereocenters. The van der Waals surface area contributed by atoms with Crippen LogP contribution in [0, 0.1) is 16.7 Å². The van der Waals surface area contributed by atoms with Crippen LogP contribution in [0.4, 0.5) is 11.5 Å². The third kappa shape index (κ3) is 3.35. The van der Waals surface area contributed by atoms with Crippen molar-refractivity contribution in [3.8, 4) is 6.07 Å². The summed E-state index contributed by atoms with van der Waals surface area (Å²) in [6.07, 6.45) is 4.54. The van der Waals surface area contributed by atoms with E-state index in [1.54, 1.807) is 6.07 Å². The van der Waals surface area contributed by atoms with Gasteiger partial charge in [0, 0.05) is 24.4 Å². The third-order valence-electron chi connectivity index (χ3n) is 3.27. The molecule has 0 spiro atoms. The summed E-state index contributed by atoms with van der Waals surface area (Å²) in [4.78, 5) is 3.85. The highest BCUT2D eigenvalue weighted by Gasteiger charge is 2.45. The Morgan fingerprint density at radius 2 is 2.26 bits per heavy atom. The fraction of sp³-hybridized carbons (Fsp3) is 0.500. The number of pyridine rings is 1. The van der Waals surface area contributed by atoms with Crippen LogP contribution in [0.1, 0.15) is 18.4 Å². The zero-order valence-corrected chi connectivity index (χ0v) is 11.5. The molecule has 0 bridgehead atoms. The topological polar surface area (TPSA) is 109 Å². The van der Waals surface area contributed by atoms with Gasteiger partial charge in [0.05, 0.1) is 11.4 Å². The predicted molar refractivity (Wildman–Crippen MR) is 73.2 cm³/mol. The molecule has 6 nitrogen and oxygen atoms in total. The highest BCUT2D eigenvalue weighted by molar-refractivity contribution is 7.90. The second kappa shape index (κ2) is 4.70. The smallest absolute Gasteiger partial charge is 0.148 e. The van der Waals surface area contributed by atoms with E-state index in [0.717, 1.165) is 12.8 Å². The van der Waals surface area contributed by atoms with E-state index in [2.05, 4.69) is 10.3 Å². The second-order valence-corrected chi connectivity index (χ2v) is 7.29. The Morgan fingerprint density at radius 3 is 2.79 bits per heavy atom. The number of hydrogen-bond donors (Lipinski definition) is 2. The molecule has 1 saturated carbocycles. The summed E-state index contributed by atoms with van der Waals surface area (Å²) in [5.74, 6) is 0.357. The van der Waals surface area contributed by atoms with E-state index in [9.17, 15) is 8.42 Å². The molecule has 0 aliphatic heterocycles. The first-order valence-corrected chi connectivity index (χ1v) is 7.97. The molecule has 2 rings (SSSR count). The first-order valence-electron chi connectivity index (χ1n) is 5.91. The van der Waals surface area contributed by atoms with Gasteiger partial charge in [-0.1, -0.05) is 0 Å². The van der Waals surface area contributed by atoms with Crippen molar-refractivity contribution >= 4 is 21.3 Å². The van der Waals surface area contributed by atoms with Crippen LogP contribution in [0.25, 0.3) is 0 Å². The SMILES string of the molecule is CS(=O)(=O)CC1(CNc2ccnc(N)c2C#N)CC1. The third-order valence-corrected chi connectivity index (χ3v) is 4.41. The Hall–Kier alpha value is -1.81. The van der Waals surface area contributed by atoms with Gasteiger partial charge in [0.15, 0.2) is 0 Å². The number of nitriles is 1. The van der Waals surface area contributed by atoms with Crippen LogP contribution >= 0.6 is 0 Å². The average Bonchev–Trinajstić information content (AvgIpc) is 3.04. The average molecular weight is 280 g/mol. The van der Waals surface area contributed by atoms with Crippen LogP contribution in [-0.2, 0) is 9.84 Å². The molecule has 3 N–H and O–H groups in total. The zero-order chi connectivity index (χ0) is 14.1. The molecule has 0 atom stereocenters. The first-order chi connectivity index (χ1) is 8.85. The maximum atomic E-state index is 11.4. The van der Waals surface area contributed by atoms with Crippen LogP contribution in [0.5, 0.6) is 0 Å². The molecule has 19 heavy (non-hydrogen) atoms. The number of hydrogen-bond acceptors (Lipinski definition) is 6. The number of sulfone groups is 1. The summed E-state index contributed by atoms with van der Waals surface area (Å²) in [7, 11) is -2.99. The normalized spacial score (nSPS) is 16.6. The number of nitrogen functional groups attached to an aromatic ring is 1. The van der Waals surface area contributed by atoms with Gasteiger partial charge in [-0.05, 0) is 18.9 Å². The molecular formula is C12H16N4O2S. The number of nitrogens with two attached hydrogens (primary N) is 1. The number of rotatable bonds is 5. The fourth-order valence-corrected chi connectivity index (χ4v) is 3.63. The van der Waals surface area contributed by atoms with E-state index in [-0.39, 0.29) is 17.0 Å². The Kier molecular flexibility index (Phi) is 3.37. The number of nitrogens with zero attached hydrogens (tertiary/aromatic N) is 2. The number of nitrogens with one attached hydrogen (secondary N) is 1. The molecule has 1 aliphatic carbocycles. The van der Waals surface area contributed by atoms with Crippen molar-refractivity contribution in [1.82, 2.24) is 4.98 Å². The minimum atomic E-state index is -2.99. The Balaban J connectivity index is 2.08. The molecule has 0 radical (unpaired) electrons. The fourth-order valence-electron chi connectivity index (χ4n) is 2.13. The van der Waals surface area contributed by atoms with Crippen molar-refractivity contribution in [3.05, 3.63) is 17.8 Å². The standard InChI is InChI=1S/C12H16N4O2S/c1-19(17,18)8-12(3-4-12)7-16-10-2-5-15-11(14)9(10)6-13/h2,5H,3-4,7-8H2,1H3,(H3,14,15,16). The molecule has 7 heteroatoms. The summed E-state index contributed by atoms with van der Waals surface area (Å²) < 4.78 is 22.7. The molecule has 1 aromatic rings. The molecule has 0 amide bonds. The van der Waals surface area contributed by atoms with Gasteiger partial charge in [0.25, 0.3) is 0 Å². The van der Waals surface area contributed by atoms with Gasteiger partial charge in [-0.3, -0.25) is 0 Å². The Labute approximate surface area is 112 Å². The summed E-state index contributed by atoms with van der Waals surface area (Å²) in [6.45, 7) is 0.526. The van der Waals surface area contributed by atoms with Crippen molar-refractivity contribution < 1.29 is 8.42 Å². The van der Waals surface area contributed by atoms with E-state index in [1.807, 2.05) is 6.07 Å². The van der Waals surface area contributed by atoms with Crippen molar-refractivity contribution in [2.45, 2.75) is 12.8 Å². The minimum absolute atomic E-state index is 0.176. The molecule has 1 heterocycles. The maximum Gasteiger partial charge on any atom is 0.148 e. The highest BCUT2D eigenvalue weighted by atomic mass is 32.2. The first kappa shape index (κ1) is 13.6. The Morgan fingerprint density at radius 1 is 1.58 bits per heavy atom. The van der Waals surface area contributed by atoms with Crippen molar-refractivity contribution in [1.29, 1.82) is 5.26 Å². The van der Waals surface area contributed by atoms with Gasteiger partial charge in [-0.2, -0.15) is 5.26 Å². The van der Waals surface area contributed by atoms with E-state index < -0.39 is 9.84 Å². The van der Waals surface area contributed by atoms with Gasteiger partial charge in [-0.25, -0.2) is 13.4 Å². The molecule has 102 valence electrons. The van der Waals surface area contributed by atoms with Crippen LogP contribution in [0.2, 0.25) is 0 Å². The van der Waals surface area contributed by atoms with Gasteiger partial charge < -0.3 is 11.1 Å². The van der Waals surface area contributed by atoms with E-state index in [4.69, 9.17) is 11.0 Å². The van der Waals surface area contributed by atoms with E-state index in [1.165, 1.54) is 12.5 Å². The lowest BCUT2D eigenvalue weighted by molar-refractivity contribution is 0.561. The van der Waals surface area contributed by atoms with Crippen molar-refractivity contribution in [3.63, 3.8) is 0 Å². The number of aromatic nitrogens is 1. The summed E-state index contributed by atoms with van der Waals surface area (Å²) in [6, 6.07) is 3.67. The monoisotopic (exact) mass is 280 g/mol. The quantitative estimate of drug-likeness (QED) is 0.824. The molecule has 0 saturated heterocycles. The van der Waals surface area contributed by atoms with Crippen LogP contribution in [0.3, 0.4) is 0 Å². The van der Waals surface area contributed by atoms with Gasteiger partial charge in [0.1, 0.15) is 27.3 Å². The zero-order valence-electron chi connectivity index (χ0n) is 10.7. The molecule has 1 aliphatic rings. The predicted octanol–water partition coefficient (Wildman–Crippen LogP) is 0.772. The minimum Gasteiger partial charge on any atom is -0.383 e. The lowest BCUT2D eigenvalue weighted by Crippen LogP contribution is -2.24. The second-order valence-electron chi connectivity index (χ2n) is 5.15. The summed E-state index contributed by atoms with van der Waals surface area (Å²) in [5, 5.41) is 12.1. The molecule has 0 aromatic carbocycles. The van der Waals surface area contributed by atoms with Gasteiger partial charge in [0.2, 0.25) is 0 Å². The summed E-state index contributed by atoms with van der Waals surface area (Å²) in [5.41, 5.74) is 6.33. The lowest BCUT2D eigenvalue weighted by Gasteiger charge is -2.16. The van der Waals surface area contributed by atoms with Gasteiger partial charge in [-0.15, -0.1) is 0 Å². The van der Waals surface area contributed by atoms with Gasteiger partial charge >= 0.3 is 0 Å². The van der Waals surface area contributed by atoms with E-state index in [0.29, 0.717) is 17.8 Å². The Bertz CT molecular complexity index is 630. The molecule has 1 fully saturated rings. The van der Waals surface area contributed by atoms with Crippen LogP contribution < -0.4 is 11.1 Å². The van der Waals surface area contributed by atoms with E-state index >= 15 is 0 Å². The lowest BCUT2D eigenvalue weighted by atomic mass is 10.1. The van der Waals surface area contributed by atoms with Crippen LogP contribution in [0.15, 0.2) is 12.3 Å². The van der Waals surface area contributed by atoms with Crippen molar-refractivity contribution in [2.75, 3.05) is 29.6 Å². The summed E-state index contributed by atoms with van der Waals surface area (Å²) >= 11 is 0. The molecular weight excluding hydrogens is 264 g/mol. The highest BCUT2D eigenvalue weighted by Crippen LogP contribution is 2.46. The largest absolute Gasteiger partial charge is 0.383 e.